The van der Waals surface area contributed by atoms with E-state index in [1.54, 1.807) is 0 Å². The number of halogens is 1. The molecule has 3 rings (SSSR count). The molecule has 3 unspecified atom stereocenters. The first kappa shape index (κ1) is 14.4. The standard InChI is InChI=1S/C17H22FNO2/c1-16(2)10-7-8-17(16,3)13(9-10)21-15(20)14-11(18)5-4-6-12(14)19/h4-6,10,13H,7-9,19H2,1-3H3. The number of carbonyl (C=O) groups is 1. The molecule has 1 aromatic carbocycles. The Morgan fingerprint density at radius 2 is 2.10 bits per heavy atom. The van der Waals surface area contributed by atoms with Crippen LogP contribution in [0.3, 0.4) is 0 Å². The van der Waals surface area contributed by atoms with Gasteiger partial charge in [0.05, 0.1) is 0 Å². The number of benzene rings is 1. The van der Waals surface area contributed by atoms with Gasteiger partial charge in [0.15, 0.2) is 0 Å². The predicted octanol–water partition coefficient (Wildman–Crippen LogP) is 3.78. The van der Waals surface area contributed by atoms with Crippen molar-refractivity contribution in [1.29, 1.82) is 0 Å². The van der Waals surface area contributed by atoms with Crippen molar-refractivity contribution in [1.82, 2.24) is 0 Å². The number of esters is 1. The molecular formula is C17H22FNO2. The summed E-state index contributed by atoms with van der Waals surface area (Å²) in [5.41, 5.74) is 5.83. The van der Waals surface area contributed by atoms with E-state index in [1.165, 1.54) is 24.6 Å². The van der Waals surface area contributed by atoms with Crippen molar-refractivity contribution in [2.24, 2.45) is 16.7 Å². The highest BCUT2D eigenvalue weighted by Gasteiger charge is 2.62. The van der Waals surface area contributed by atoms with E-state index in [4.69, 9.17) is 10.5 Å². The van der Waals surface area contributed by atoms with Gasteiger partial charge in [0.1, 0.15) is 17.5 Å². The van der Waals surface area contributed by atoms with Gasteiger partial charge in [0.25, 0.3) is 0 Å². The molecule has 0 aliphatic heterocycles. The van der Waals surface area contributed by atoms with Crippen molar-refractivity contribution in [3.63, 3.8) is 0 Å². The molecule has 1 aromatic rings. The van der Waals surface area contributed by atoms with Crippen LogP contribution in [0.25, 0.3) is 0 Å². The molecule has 2 fully saturated rings. The normalized spacial score (nSPS) is 33.1. The second-order valence-corrected chi connectivity index (χ2v) is 7.21. The van der Waals surface area contributed by atoms with Crippen molar-refractivity contribution in [3.05, 3.63) is 29.6 Å². The Labute approximate surface area is 124 Å². The summed E-state index contributed by atoms with van der Waals surface area (Å²) >= 11 is 0. The first-order valence-electron chi connectivity index (χ1n) is 7.52. The zero-order valence-electron chi connectivity index (χ0n) is 12.8. The second-order valence-electron chi connectivity index (χ2n) is 7.21. The lowest BCUT2D eigenvalue weighted by molar-refractivity contribution is -0.0244. The van der Waals surface area contributed by atoms with Crippen LogP contribution >= 0.6 is 0 Å². The molecule has 0 saturated heterocycles. The van der Waals surface area contributed by atoms with Crippen LogP contribution in [0.5, 0.6) is 0 Å². The zero-order valence-corrected chi connectivity index (χ0v) is 12.8. The Balaban J connectivity index is 1.84. The fourth-order valence-corrected chi connectivity index (χ4v) is 4.25. The fraction of sp³-hybridized carbons (Fsp3) is 0.588. The molecule has 0 radical (unpaired) electrons. The van der Waals surface area contributed by atoms with Crippen LogP contribution in [0, 0.1) is 22.6 Å². The molecule has 2 aliphatic rings. The molecule has 2 saturated carbocycles. The predicted molar refractivity (Wildman–Crippen MR) is 79.2 cm³/mol. The Kier molecular flexibility index (Phi) is 3.05. The van der Waals surface area contributed by atoms with Crippen LogP contribution in [-0.2, 0) is 4.74 Å². The van der Waals surface area contributed by atoms with Crippen LogP contribution in [-0.4, -0.2) is 12.1 Å². The number of anilines is 1. The lowest BCUT2D eigenvalue weighted by Gasteiger charge is -2.38. The zero-order chi connectivity index (χ0) is 15.4. The third kappa shape index (κ3) is 1.88. The van der Waals surface area contributed by atoms with Crippen molar-refractivity contribution in [2.45, 2.75) is 46.1 Å². The molecule has 0 spiro atoms. The monoisotopic (exact) mass is 291 g/mol. The van der Waals surface area contributed by atoms with E-state index < -0.39 is 11.8 Å². The lowest BCUT2D eigenvalue weighted by Crippen LogP contribution is -2.38. The summed E-state index contributed by atoms with van der Waals surface area (Å²) < 4.78 is 19.5. The van der Waals surface area contributed by atoms with Crippen molar-refractivity contribution in [3.8, 4) is 0 Å². The number of rotatable bonds is 2. The topological polar surface area (TPSA) is 52.3 Å². The molecule has 0 heterocycles. The van der Waals surface area contributed by atoms with E-state index in [0.717, 1.165) is 12.8 Å². The van der Waals surface area contributed by atoms with Gasteiger partial charge in [-0.2, -0.15) is 0 Å². The van der Waals surface area contributed by atoms with E-state index in [0.29, 0.717) is 5.92 Å². The molecule has 21 heavy (non-hydrogen) atoms. The summed E-state index contributed by atoms with van der Waals surface area (Å²) in [5.74, 6) is -0.689. The van der Waals surface area contributed by atoms with Crippen LogP contribution in [0.4, 0.5) is 10.1 Å². The molecule has 3 nitrogen and oxygen atoms in total. The van der Waals surface area contributed by atoms with Crippen LogP contribution in [0.2, 0.25) is 0 Å². The molecule has 0 aromatic heterocycles. The molecule has 4 heteroatoms. The van der Waals surface area contributed by atoms with Crippen molar-refractivity contribution in [2.75, 3.05) is 5.73 Å². The summed E-state index contributed by atoms with van der Waals surface area (Å²) in [7, 11) is 0. The van der Waals surface area contributed by atoms with Gasteiger partial charge in [-0.15, -0.1) is 0 Å². The molecule has 3 atom stereocenters. The maximum absolute atomic E-state index is 13.8. The highest BCUT2D eigenvalue weighted by molar-refractivity contribution is 5.95. The molecule has 2 aliphatic carbocycles. The van der Waals surface area contributed by atoms with Gasteiger partial charge >= 0.3 is 5.97 Å². The highest BCUT2D eigenvalue weighted by atomic mass is 19.1. The Bertz CT molecular complexity index is 578. The van der Waals surface area contributed by atoms with Crippen molar-refractivity contribution >= 4 is 11.7 Å². The molecule has 0 amide bonds. The number of nitrogens with two attached hydrogens (primary N) is 1. The first-order valence-corrected chi connectivity index (χ1v) is 7.52. The van der Waals surface area contributed by atoms with Gasteiger partial charge in [0.2, 0.25) is 0 Å². The number of ether oxygens (including phenoxy) is 1. The van der Waals surface area contributed by atoms with E-state index in [1.807, 2.05) is 0 Å². The number of carbonyl (C=O) groups excluding carboxylic acids is 1. The number of nitrogen functional groups attached to an aromatic ring is 1. The summed E-state index contributed by atoms with van der Waals surface area (Å²) in [4.78, 5) is 12.3. The van der Waals surface area contributed by atoms with E-state index in [-0.39, 0.29) is 28.2 Å². The summed E-state index contributed by atoms with van der Waals surface area (Å²) in [6.07, 6.45) is 2.94. The number of hydrogen-bond donors (Lipinski definition) is 1. The largest absolute Gasteiger partial charge is 0.458 e. The number of hydrogen-bond acceptors (Lipinski definition) is 3. The van der Waals surface area contributed by atoms with E-state index in [2.05, 4.69) is 20.8 Å². The lowest BCUT2D eigenvalue weighted by atomic mass is 9.70. The minimum Gasteiger partial charge on any atom is -0.458 e. The van der Waals surface area contributed by atoms with Gasteiger partial charge in [0, 0.05) is 11.1 Å². The third-order valence-electron chi connectivity index (χ3n) is 6.21. The SMILES string of the molecule is CC1(C)C2CCC1(C)C(OC(=O)c1c(N)cccc1F)C2. The van der Waals surface area contributed by atoms with Gasteiger partial charge in [-0.1, -0.05) is 26.8 Å². The van der Waals surface area contributed by atoms with Crippen LogP contribution in [0.1, 0.15) is 50.4 Å². The van der Waals surface area contributed by atoms with Crippen LogP contribution in [0.15, 0.2) is 18.2 Å². The maximum Gasteiger partial charge on any atom is 0.343 e. The summed E-state index contributed by atoms with van der Waals surface area (Å²) in [5, 5.41) is 0. The minimum atomic E-state index is -0.639. The third-order valence-corrected chi connectivity index (χ3v) is 6.21. The van der Waals surface area contributed by atoms with E-state index >= 15 is 0 Å². The molecule has 2 N–H and O–H groups in total. The Morgan fingerprint density at radius 3 is 2.62 bits per heavy atom. The summed E-state index contributed by atoms with van der Waals surface area (Å²) in [6.45, 7) is 6.68. The van der Waals surface area contributed by atoms with Gasteiger partial charge < -0.3 is 10.5 Å². The summed E-state index contributed by atoms with van der Waals surface area (Å²) in [6, 6.07) is 4.24. The van der Waals surface area contributed by atoms with Gasteiger partial charge in [-0.3, -0.25) is 0 Å². The number of fused-ring (bicyclic) bond motifs is 2. The fourth-order valence-electron chi connectivity index (χ4n) is 4.25. The Morgan fingerprint density at radius 1 is 1.38 bits per heavy atom. The molecule has 114 valence electrons. The first-order chi connectivity index (χ1) is 9.77. The highest BCUT2D eigenvalue weighted by Crippen LogP contribution is 2.66. The average molecular weight is 291 g/mol. The van der Waals surface area contributed by atoms with E-state index in [9.17, 15) is 9.18 Å². The quantitative estimate of drug-likeness (QED) is 0.666. The minimum absolute atomic E-state index is 0.0344. The van der Waals surface area contributed by atoms with Gasteiger partial charge in [-0.25, -0.2) is 9.18 Å². The maximum atomic E-state index is 13.8. The molecule has 2 bridgehead atoms. The second kappa shape index (κ2) is 4.46. The molecular weight excluding hydrogens is 269 g/mol. The van der Waals surface area contributed by atoms with Crippen LogP contribution < -0.4 is 5.73 Å². The average Bonchev–Trinajstić information content (AvgIpc) is 2.71. The van der Waals surface area contributed by atoms with Crippen molar-refractivity contribution < 1.29 is 13.9 Å². The Hall–Kier alpha value is -1.58. The van der Waals surface area contributed by atoms with Gasteiger partial charge in [-0.05, 0) is 42.7 Å². The smallest absolute Gasteiger partial charge is 0.343 e.